The van der Waals surface area contributed by atoms with E-state index in [1.165, 1.54) is 12.1 Å². The van der Waals surface area contributed by atoms with Crippen LogP contribution in [-0.4, -0.2) is 34.6 Å². The van der Waals surface area contributed by atoms with Crippen molar-refractivity contribution >= 4 is 16.6 Å². The van der Waals surface area contributed by atoms with E-state index in [2.05, 4.69) is 14.9 Å². The van der Waals surface area contributed by atoms with Gasteiger partial charge in [0.2, 0.25) is 0 Å². The Morgan fingerprint density at radius 1 is 1.38 bits per heavy atom. The zero-order chi connectivity index (χ0) is 16.7. The number of nitrogens with zero attached hydrogens (tertiary/aromatic N) is 3. The smallest absolute Gasteiger partial charge is 0.128 e. The average molecular weight is 346 g/mol. The summed E-state index contributed by atoms with van der Waals surface area (Å²) >= 11 is 6.51. The summed E-state index contributed by atoms with van der Waals surface area (Å²) in [6.07, 6.45) is 2.80. The quantitative estimate of drug-likeness (QED) is 0.837. The molecule has 1 aromatic carbocycles. The van der Waals surface area contributed by atoms with Gasteiger partial charge in [-0.05, 0) is 25.1 Å². The summed E-state index contributed by atoms with van der Waals surface area (Å²) in [4.78, 5) is 11.1. The van der Waals surface area contributed by atoms with Gasteiger partial charge in [0.15, 0.2) is 0 Å². The van der Waals surface area contributed by atoms with Crippen LogP contribution < -0.4 is 4.74 Å². The van der Waals surface area contributed by atoms with Crippen LogP contribution in [0, 0.1) is 12.7 Å². The van der Waals surface area contributed by atoms with Crippen LogP contribution in [0.3, 0.4) is 0 Å². The second-order valence-electron chi connectivity index (χ2n) is 6.20. The van der Waals surface area contributed by atoms with Crippen LogP contribution in [0.1, 0.15) is 22.6 Å². The summed E-state index contributed by atoms with van der Waals surface area (Å²) < 4.78 is 19.2. The number of halogens is 2. The number of fused-ring (bicyclic) bond motifs is 2. The molecule has 0 spiro atoms. The fourth-order valence-corrected chi connectivity index (χ4v) is 3.47. The topological polar surface area (TPSA) is 38.2 Å². The van der Waals surface area contributed by atoms with Crippen LogP contribution in [-0.2, 0) is 13.0 Å². The monoisotopic (exact) mass is 345 g/mol. The Hall–Kier alpha value is -1.98. The van der Waals surface area contributed by atoms with Gasteiger partial charge in [-0.15, -0.1) is 0 Å². The minimum absolute atomic E-state index is 0.309. The van der Waals surface area contributed by atoms with E-state index in [9.17, 15) is 4.39 Å². The van der Waals surface area contributed by atoms with Gasteiger partial charge in [-0.3, -0.25) is 4.90 Å². The highest BCUT2D eigenvalue weighted by molar-refractivity contribution is 6.49. The largest absolute Gasteiger partial charge is 0.488 e. The van der Waals surface area contributed by atoms with Gasteiger partial charge < -0.3 is 4.74 Å². The maximum Gasteiger partial charge on any atom is 0.128 e. The van der Waals surface area contributed by atoms with Crippen molar-refractivity contribution in [1.82, 2.24) is 14.9 Å². The lowest BCUT2D eigenvalue weighted by Gasteiger charge is -2.30. The first-order chi connectivity index (χ1) is 11.6. The molecule has 2 aliphatic rings. The molecule has 0 radical (unpaired) electrons. The Labute approximate surface area is 144 Å². The Kier molecular flexibility index (Phi) is 3.98. The number of ether oxygens (including phenoxy) is 1. The number of rotatable bonds is 2. The van der Waals surface area contributed by atoms with Gasteiger partial charge in [0.25, 0.3) is 0 Å². The molecule has 4 nitrogen and oxygen atoms in total. The third-order valence-electron chi connectivity index (χ3n) is 4.44. The first-order valence-corrected chi connectivity index (χ1v) is 8.32. The number of hydrogen-bond donors (Lipinski definition) is 0. The van der Waals surface area contributed by atoms with E-state index in [0.717, 1.165) is 42.2 Å². The lowest BCUT2D eigenvalue weighted by atomic mass is 10.0. The molecule has 0 amide bonds. The first kappa shape index (κ1) is 15.5. The fraction of sp³-hybridized carbons (Fsp3) is 0.333. The van der Waals surface area contributed by atoms with Crippen molar-refractivity contribution < 1.29 is 9.13 Å². The van der Waals surface area contributed by atoms with Crippen molar-refractivity contribution in [2.45, 2.75) is 19.9 Å². The number of benzene rings is 1. The molecule has 0 N–H and O–H groups in total. The highest BCUT2D eigenvalue weighted by Gasteiger charge is 2.24. The molecular formula is C18H17ClFN3O. The Morgan fingerprint density at radius 2 is 2.25 bits per heavy atom. The van der Waals surface area contributed by atoms with Gasteiger partial charge in [0.1, 0.15) is 24.0 Å². The van der Waals surface area contributed by atoms with Gasteiger partial charge >= 0.3 is 0 Å². The van der Waals surface area contributed by atoms with Crippen LogP contribution in [0.15, 0.2) is 30.0 Å². The van der Waals surface area contributed by atoms with Crippen LogP contribution in [0.25, 0.3) is 5.03 Å². The molecule has 24 heavy (non-hydrogen) atoms. The molecule has 4 rings (SSSR count). The molecule has 3 heterocycles. The molecule has 0 aliphatic carbocycles. The van der Waals surface area contributed by atoms with Crippen molar-refractivity contribution in [3.8, 4) is 5.75 Å². The minimum Gasteiger partial charge on any atom is -0.488 e. The Balaban J connectivity index is 1.56. The molecular weight excluding hydrogens is 329 g/mol. The average Bonchev–Trinajstić information content (AvgIpc) is 2.58. The Bertz CT molecular complexity index is 837. The van der Waals surface area contributed by atoms with Crippen LogP contribution in [0.4, 0.5) is 4.39 Å². The molecule has 0 saturated heterocycles. The van der Waals surface area contributed by atoms with Gasteiger partial charge in [-0.1, -0.05) is 11.6 Å². The molecule has 0 fully saturated rings. The maximum absolute atomic E-state index is 13.5. The van der Waals surface area contributed by atoms with Gasteiger partial charge in [0.05, 0.1) is 5.03 Å². The summed E-state index contributed by atoms with van der Waals surface area (Å²) in [5.74, 6) is 1.14. The molecule has 1 aromatic heterocycles. The van der Waals surface area contributed by atoms with E-state index in [1.807, 2.05) is 13.1 Å². The standard InChI is InChI=1S/C18H17ClFN3O/c1-11-21-7-12-8-23(5-4-16(12)22-11)9-13-10-24-17-3-2-14(20)6-15(17)18(13)19/h2-3,6-7H,4-5,8-10H2,1H3. The molecule has 0 unspecified atom stereocenters. The summed E-state index contributed by atoms with van der Waals surface area (Å²) in [5.41, 5.74) is 3.90. The number of aryl methyl sites for hydroxylation is 1. The zero-order valence-electron chi connectivity index (χ0n) is 13.4. The van der Waals surface area contributed by atoms with Crippen molar-refractivity contribution in [3.05, 3.63) is 58.4 Å². The molecule has 124 valence electrons. The van der Waals surface area contributed by atoms with Crippen molar-refractivity contribution in [2.75, 3.05) is 19.7 Å². The third-order valence-corrected chi connectivity index (χ3v) is 4.91. The van der Waals surface area contributed by atoms with Crippen molar-refractivity contribution in [1.29, 1.82) is 0 Å². The van der Waals surface area contributed by atoms with E-state index in [1.54, 1.807) is 6.07 Å². The second-order valence-corrected chi connectivity index (χ2v) is 6.57. The van der Waals surface area contributed by atoms with Crippen LogP contribution in [0.2, 0.25) is 0 Å². The lowest BCUT2D eigenvalue weighted by molar-refractivity contribution is 0.254. The summed E-state index contributed by atoms with van der Waals surface area (Å²) in [5, 5.41) is 0.599. The number of hydrogen-bond acceptors (Lipinski definition) is 4. The second kappa shape index (κ2) is 6.15. The first-order valence-electron chi connectivity index (χ1n) is 7.94. The zero-order valence-corrected chi connectivity index (χ0v) is 14.1. The summed E-state index contributed by atoms with van der Waals surface area (Å²) in [6, 6.07) is 4.44. The minimum atomic E-state index is -0.309. The van der Waals surface area contributed by atoms with E-state index < -0.39 is 0 Å². The van der Waals surface area contributed by atoms with Crippen LogP contribution >= 0.6 is 11.6 Å². The predicted octanol–water partition coefficient (Wildman–Crippen LogP) is 3.32. The van der Waals surface area contributed by atoms with E-state index in [-0.39, 0.29) is 5.82 Å². The molecule has 0 saturated carbocycles. The molecule has 0 bridgehead atoms. The van der Waals surface area contributed by atoms with E-state index in [0.29, 0.717) is 29.5 Å². The predicted molar refractivity (Wildman–Crippen MR) is 90.4 cm³/mol. The molecule has 2 aromatic rings. The van der Waals surface area contributed by atoms with E-state index >= 15 is 0 Å². The highest BCUT2D eigenvalue weighted by atomic mass is 35.5. The SMILES string of the molecule is Cc1ncc2c(n1)CCN(CC1=C(Cl)c3cc(F)ccc3OC1)C2. The summed E-state index contributed by atoms with van der Waals surface area (Å²) in [6.45, 7) is 4.74. The maximum atomic E-state index is 13.5. The van der Waals surface area contributed by atoms with Gasteiger partial charge in [-0.25, -0.2) is 14.4 Å². The van der Waals surface area contributed by atoms with E-state index in [4.69, 9.17) is 16.3 Å². The molecule has 0 atom stereocenters. The Morgan fingerprint density at radius 3 is 3.12 bits per heavy atom. The van der Waals surface area contributed by atoms with Gasteiger partial charge in [0, 0.05) is 54.6 Å². The van der Waals surface area contributed by atoms with Crippen LogP contribution in [0.5, 0.6) is 5.75 Å². The van der Waals surface area contributed by atoms with Crippen molar-refractivity contribution in [2.24, 2.45) is 0 Å². The third kappa shape index (κ3) is 2.89. The van der Waals surface area contributed by atoms with Gasteiger partial charge in [-0.2, -0.15) is 0 Å². The van der Waals surface area contributed by atoms with Crippen molar-refractivity contribution in [3.63, 3.8) is 0 Å². The highest BCUT2D eigenvalue weighted by Crippen LogP contribution is 2.36. The lowest BCUT2D eigenvalue weighted by Crippen LogP contribution is -2.34. The molecule has 6 heteroatoms. The normalized spacial score (nSPS) is 17.3. The fourth-order valence-electron chi connectivity index (χ4n) is 3.21. The summed E-state index contributed by atoms with van der Waals surface area (Å²) in [7, 11) is 0. The number of aromatic nitrogens is 2. The molecule has 2 aliphatic heterocycles.